The molecule has 2 heterocycles. The zero-order valence-corrected chi connectivity index (χ0v) is 10.4. The lowest BCUT2D eigenvalue weighted by atomic mass is 9.92. The molecule has 1 fully saturated rings. The van der Waals surface area contributed by atoms with Crippen molar-refractivity contribution in [3.05, 3.63) is 51.5 Å². The van der Waals surface area contributed by atoms with Crippen molar-refractivity contribution >= 4 is 0 Å². The fraction of sp³-hybridized carbons (Fsp3) is 0.417. The van der Waals surface area contributed by atoms with Gasteiger partial charge in [-0.05, 0) is 6.08 Å². The third-order valence-electron chi connectivity index (χ3n) is 3.19. The highest BCUT2D eigenvalue weighted by molar-refractivity contribution is 5.13. The van der Waals surface area contributed by atoms with Gasteiger partial charge in [0.1, 0.15) is 17.8 Å². The van der Waals surface area contributed by atoms with E-state index in [4.69, 9.17) is 4.74 Å². The number of ether oxygens (including phenoxy) is 1. The Morgan fingerprint density at radius 3 is 2.85 bits per heavy atom. The highest BCUT2D eigenvalue weighted by Gasteiger charge is 2.54. The molecule has 0 saturated carbocycles. The van der Waals surface area contributed by atoms with Crippen molar-refractivity contribution in [1.82, 2.24) is 9.55 Å². The van der Waals surface area contributed by atoms with Gasteiger partial charge >= 0.3 is 5.69 Å². The van der Waals surface area contributed by atoms with Gasteiger partial charge in [0, 0.05) is 12.3 Å². The van der Waals surface area contributed by atoms with E-state index in [0.717, 1.165) is 22.9 Å². The van der Waals surface area contributed by atoms with E-state index in [1.54, 1.807) is 0 Å². The predicted octanol–water partition coefficient (Wildman–Crippen LogP) is -2.14. The Morgan fingerprint density at radius 2 is 2.30 bits per heavy atom. The first-order valence-electron chi connectivity index (χ1n) is 5.79. The third kappa shape index (κ3) is 2.15. The molecule has 108 valence electrons. The van der Waals surface area contributed by atoms with E-state index in [9.17, 15) is 24.9 Å². The lowest BCUT2D eigenvalue weighted by Gasteiger charge is -2.25. The number of aliphatic hydroxyl groups is 3. The first-order chi connectivity index (χ1) is 9.43. The fourth-order valence-corrected chi connectivity index (χ4v) is 2.15. The molecule has 8 heteroatoms. The average Bonchev–Trinajstić information content (AvgIpc) is 2.63. The van der Waals surface area contributed by atoms with Crippen LogP contribution in [-0.4, -0.2) is 49.3 Å². The number of hydrogen-bond donors (Lipinski definition) is 4. The molecule has 1 aliphatic rings. The van der Waals surface area contributed by atoms with Gasteiger partial charge in [0.05, 0.1) is 6.61 Å². The van der Waals surface area contributed by atoms with Crippen molar-refractivity contribution in [1.29, 1.82) is 0 Å². The average molecular weight is 282 g/mol. The van der Waals surface area contributed by atoms with Gasteiger partial charge in [-0.3, -0.25) is 14.3 Å². The molecule has 8 nitrogen and oxygen atoms in total. The Hall–Kier alpha value is -1.96. The van der Waals surface area contributed by atoms with Crippen molar-refractivity contribution in [2.75, 3.05) is 6.61 Å². The minimum atomic E-state index is -1.93. The Kier molecular flexibility index (Phi) is 3.76. The van der Waals surface area contributed by atoms with Crippen LogP contribution in [-0.2, 0) is 4.74 Å². The molecule has 0 spiro atoms. The Labute approximate surface area is 112 Å². The van der Waals surface area contributed by atoms with Crippen molar-refractivity contribution < 1.29 is 20.1 Å². The number of aliphatic hydroxyl groups excluding tert-OH is 2. The summed E-state index contributed by atoms with van der Waals surface area (Å²) in [5.41, 5.74) is -1.01. The van der Waals surface area contributed by atoms with Gasteiger partial charge < -0.3 is 20.1 Å². The lowest BCUT2D eigenvalue weighted by molar-refractivity contribution is -0.0656. The summed E-state index contributed by atoms with van der Waals surface area (Å²) in [6.07, 6.45) is -1.76. The maximum Gasteiger partial charge on any atom is 0.330 e. The van der Waals surface area contributed by atoms with Crippen LogP contribution in [0.1, 0.15) is 6.23 Å². The smallest absolute Gasteiger partial charge is 0.330 e. The lowest BCUT2D eigenvalue weighted by Crippen LogP contribution is -2.47. The van der Waals surface area contributed by atoms with Crippen molar-refractivity contribution in [3.8, 4) is 0 Å². The highest BCUT2D eigenvalue weighted by atomic mass is 16.6. The van der Waals surface area contributed by atoms with E-state index >= 15 is 0 Å². The second-order valence-corrected chi connectivity index (χ2v) is 4.40. The number of aromatic amines is 1. The molecule has 1 aromatic heterocycles. The second kappa shape index (κ2) is 5.20. The number of aromatic nitrogens is 2. The monoisotopic (exact) mass is 282 g/mol. The van der Waals surface area contributed by atoms with E-state index in [0.29, 0.717) is 0 Å². The molecule has 0 aromatic carbocycles. The minimum Gasteiger partial charge on any atom is -0.394 e. The zero-order valence-electron chi connectivity index (χ0n) is 10.4. The van der Waals surface area contributed by atoms with E-state index in [2.05, 4.69) is 12.3 Å². The predicted molar refractivity (Wildman–Crippen MR) is 67.0 cm³/mol. The summed E-state index contributed by atoms with van der Waals surface area (Å²) >= 11 is 0. The summed E-state index contributed by atoms with van der Waals surface area (Å²) in [4.78, 5) is 24.7. The number of H-pyrrole nitrogens is 1. The van der Waals surface area contributed by atoms with Gasteiger partial charge in [0.15, 0.2) is 6.23 Å². The quantitative estimate of drug-likeness (QED) is 0.469. The maximum atomic E-state index is 11.7. The van der Waals surface area contributed by atoms with Crippen molar-refractivity contribution in [3.63, 3.8) is 0 Å². The maximum absolute atomic E-state index is 11.7. The second-order valence-electron chi connectivity index (χ2n) is 4.40. The Balaban J connectivity index is 2.47. The first-order valence-corrected chi connectivity index (χ1v) is 5.79. The Bertz CT molecular complexity index is 658. The molecular formula is C12H14N2O6. The summed E-state index contributed by atoms with van der Waals surface area (Å²) in [5.74, 6) is 0. The van der Waals surface area contributed by atoms with Crippen LogP contribution >= 0.6 is 0 Å². The van der Waals surface area contributed by atoms with Gasteiger partial charge in [0.25, 0.3) is 5.56 Å². The van der Waals surface area contributed by atoms with E-state index in [-0.39, 0.29) is 0 Å². The molecule has 0 radical (unpaired) electrons. The number of hydrogen-bond acceptors (Lipinski definition) is 6. The molecule has 2 rings (SSSR count). The normalized spacial score (nSPS) is 32.9. The topological polar surface area (TPSA) is 125 Å². The van der Waals surface area contributed by atoms with Gasteiger partial charge in [-0.25, -0.2) is 4.79 Å². The van der Waals surface area contributed by atoms with Crippen LogP contribution in [0.15, 0.2) is 40.2 Å². The summed E-state index contributed by atoms with van der Waals surface area (Å²) in [5, 5.41) is 29.7. The summed E-state index contributed by atoms with van der Waals surface area (Å²) < 4.78 is 6.21. The number of nitrogens with one attached hydrogen (secondary N) is 1. The molecular weight excluding hydrogens is 268 g/mol. The fourth-order valence-electron chi connectivity index (χ4n) is 2.15. The summed E-state index contributed by atoms with van der Waals surface area (Å²) in [7, 11) is 0. The van der Waals surface area contributed by atoms with Gasteiger partial charge in [0.2, 0.25) is 0 Å². The van der Waals surface area contributed by atoms with E-state index < -0.39 is 41.9 Å². The molecule has 1 unspecified atom stereocenters. The molecule has 0 amide bonds. The summed E-state index contributed by atoms with van der Waals surface area (Å²) in [6, 6.07) is 1.08. The Morgan fingerprint density at radius 1 is 1.60 bits per heavy atom. The van der Waals surface area contributed by atoms with Crippen LogP contribution in [0.5, 0.6) is 0 Å². The molecule has 4 atom stereocenters. The molecule has 20 heavy (non-hydrogen) atoms. The molecule has 1 aromatic rings. The molecule has 1 aliphatic heterocycles. The standard InChI is InChI=1S/C12H14N2O6/c1-2-4-12(19)7(6-15)20-10(9(12)17)14-5-3-8(16)13-11(14)18/h3-5,7,9-10,15,17,19H,1,6H2,(H,13,16,18)/t7-,9+,10?,12-/m1/s1. The summed E-state index contributed by atoms with van der Waals surface area (Å²) in [6.45, 7) is 2.71. The molecule has 0 aliphatic carbocycles. The largest absolute Gasteiger partial charge is 0.394 e. The van der Waals surface area contributed by atoms with Crippen LogP contribution in [0, 0.1) is 0 Å². The van der Waals surface area contributed by atoms with Gasteiger partial charge in [-0.1, -0.05) is 6.58 Å². The van der Waals surface area contributed by atoms with Gasteiger partial charge in [-0.15, -0.1) is 5.73 Å². The SMILES string of the molecule is C=C=C[C@@]1(O)[C@@H](CO)OC(n2ccc(=O)[nH]c2=O)[C@@H]1O. The van der Waals surface area contributed by atoms with E-state index in [1.165, 1.54) is 0 Å². The van der Waals surface area contributed by atoms with Crippen LogP contribution < -0.4 is 11.2 Å². The minimum absolute atomic E-state index is 0.583. The molecule has 4 N–H and O–H groups in total. The number of rotatable bonds is 3. The van der Waals surface area contributed by atoms with Crippen LogP contribution in [0.25, 0.3) is 0 Å². The van der Waals surface area contributed by atoms with Crippen LogP contribution in [0.2, 0.25) is 0 Å². The van der Waals surface area contributed by atoms with Gasteiger partial charge in [-0.2, -0.15) is 0 Å². The molecule has 0 bridgehead atoms. The van der Waals surface area contributed by atoms with Crippen molar-refractivity contribution in [2.24, 2.45) is 0 Å². The van der Waals surface area contributed by atoms with Crippen LogP contribution in [0.4, 0.5) is 0 Å². The van der Waals surface area contributed by atoms with E-state index in [1.807, 2.05) is 4.98 Å². The molecule has 1 saturated heterocycles. The third-order valence-corrected chi connectivity index (χ3v) is 3.19. The van der Waals surface area contributed by atoms with Crippen LogP contribution in [0.3, 0.4) is 0 Å². The van der Waals surface area contributed by atoms with Crippen molar-refractivity contribution in [2.45, 2.75) is 24.0 Å². The number of nitrogens with zero attached hydrogens (tertiary/aromatic N) is 1. The highest BCUT2D eigenvalue weighted by Crippen LogP contribution is 2.37. The first kappa shape index (κ1) is 14.4. The zero-order chi connectivity index (χ0) is 14.9.